The largest absolute Gasteiger partial charge is 0.497 e. The van der Waals surface area contributed by atoms with Gasteiger partial charge in [0.25, 0.3) is 5.91 Å². The van der Waals surface area contributed by atoms with Crippen LogP contribution in [0.3, 0.4) is 0 Å². The van der Waals surface area contributed by atoms with E-state index in [1.54, 1.807) is 0 Å². The van der Waals surface area contributed by atoms with Crippen molar-refractivity contribution in [3.63, 3.8) is 0 Å². The summed E-state index contributed by atoms with van der Waals surface area (Å²) in [5.74, 6) is -13.2. The van der Waals surface area contributed by atoms with Crippen LogP contribution in [0.1, 0.15) is 15.9 Å². The number of methoxy groups -OCH3 is 1. The third-order valence-electron chi connectivity index (χ3n) is 3.21. The number of carbonyl (C=O) groups is 1. The zero-order valence-electron chi connectivity index (χ0n) is 12.6. The maximum atomic E-state index is 13.7. The highest BCUT2D eigenvalue weighted by Crippen LogP contribution is 2.38. The molecule has 0 saturated heterocycles. The SMILES string of the molecule is COc1ccc(C(=O)Nc2c(F)c(F)c(C(F)(F)F)c(F)c2F)c(F)c1. The van der Waals surface area contributed by atoms with E-state index in [1.807, 2.05) is 0 Å². The zero-order chi connectivity index (χ0) is 19.8. The third-order valence-corrected chi connectivity index (χ3v) is 3.21. The molecular weight excluding hydrogens is 378 g/mol. The van der Waals surface area contributed by atoms with E-state index in [2.05, 4.69) is 4.74 Å². The second-order valence-electron chi connectivity index (χ2n) is 4.80. The fourth-order valence-electron chi connectivity index (χ4n) is 1.98. The summed E-state index contributed by atoms with van der Waals surface area (Å²) in [6.45, 7) is 0. The molecule has 0 heterocycles. The fraction of sp³-hybridized carbons (Fsp3) is 0.133. The summed E-state index contributed by atoms with van der Waals surface area (Å²) in [6.07, 6.45) is -5.72. The summed E-state index contributed by atoms with van der Waals surface area (Å²) in [5, 5.41) is 1.32. The van der Waals surface area contributed by atoms with Crippen LogP contribution < -0.4 is 10.1 Å². The molecule has 0 atom stereocenters. The number of anilines is 1. The molecule has 0 aliphatic heterocycles. The van der Waals surface area contributed by atoms with Gasteiger partial charge in [0.05, 0.1) is 12.7 Å². The molecule has 26 heavy (non-hydrogen) atoms. The van der Waals surface area contributed by atoms with Crippen molar-refractivity contribution in [1.29, 1.82) is 0 Å². The number of hydrogen-bond acceptors (Lipinski definition) is 2. The summed E-state index contributed by atoms with van der Waals surface area (Å²) in [4.78, 5) is 11.9. The van der Waals surface area contributed by atoms with E-state index in [9.17, 15) is 39.9 Å². The van der Waals surface area contributed by atoms with E-state index in [-0.39, 0.29) is 5.75 Å². The highest BCUT2D eigenvalue weighted by Gasteiger charge is 2.42. The molecule has 3 nitrogen and oxygen atoms in total. The van der Waals surface area contributed by atoms with Gasteiger partial charge >= 0.3 is 6.18 Å². The van der Waals surface area contributed by atoms with Crippen LogP contribution in [-0.4, -0.2) is 13.0 Å². The minimum Gasteiger partial charge on any atom is -0.497 e. The van der Waals surface area contributed by atoms with Gasteiger partial charge in [0.15, 0.2) is 23.3 Å². The van der Waals surface area contributed by atoms with Crippen LogP contribution in [-0.2, 0) is 6.18 Å². The number of ether oxygens (including phenoxy) is 1. The standard InChI is InChI=1S/C15H7F8NO2/c1-26-5-2-3-6(7(16)4-5)14(25)24-13-11(19)9(17)8(15(21,22)23)10(18)12(13)20/h2-4H,1H3,(H,24,25). The van der Waals surface area contributed by atoms with Crippen LogP contribution in [0.5, 0.6) is 5.75 Å². The van der Waals surface area contributed by atoms with Crippen molar-refractivity contribution in [2.75, 3.05) is 12.4 Å². The van der Waals surface area contributed by atoms with Gasteiger partial charge in [-0.25, -0.2) is 22.0 Å². The Morgan fingerprint density at radius 3 is 1.92 bits per heavy atom. The maximum absolute atomic E-state index is 13.7. The quantitative estimate of drug-likeness (QED) is 0.617. The predicted octanol–water partition coefficient (Wildman–Crippen LogP) is 4.66. The summed E-state index contributed by atoms with van der Waals surface area (Å²) in [6, 6.07) is 2.66. The molecule has 0 unspecified atom stereocenters. The van der Waals surface area contributed by atoms with Gasteiger partial charge in [-0.2, -0.15) is 13.2 Å². The summed E-state index contributed by atoms with van der Waals surface area (Å²) in [7, 11) is 1.19. The van der Waals surface area contributed by atoms with E-state index < -0.39 is 58.0 Å². The smallest absolute Gasteiger partial charge is 0.422 e. The number of amides is 1. The van der Waals surface area contributed by atoms with Crippen molar-refractivity contribution in [2.24, 2.45) is 0 Å². The zero-order valence-corrected chi connectivity index (χ0v) is 12.6. The lowest BCUT2D eigenvalue weighted by atomic mass is 10.1. The topological polar surface area (TPSA) is 38.3 Å². The van der Waals surface area contributed by atoms with E-state index in [1.165, 1.54) is 12.4 Å². The number of halogens is 8. The Hall–Kier alpha value is -2.85. The van der Waals surface area contributed by atoms with Gasteiger partial charge in [0.1, 0.15) is 22.8 Å². The Labute approximate surface area is 140 Å². The Bertz CT molecular complexity index is 850. The average Bonchev–Trinajstić information content (AvgIpc) is 2.55. The van der Waals surface area contributed by atoms with Crippen molar-refractivity contribution < 1.29 is 44.7 Å². The van der Waals surface area contributed by atoms with Crippen molar-refractivity contribution in [1.82, 2.24) is 0 Å². The van der Waals surface area contributed by atoms with E-state index >= 15 is 0 Å². The van der Waals surface area contributed by atoms with Crippen LogP contribution in [0.4, 0.5) is 40.8 Å². The molecule has 0 bridgehead atoms. The van der Waals surface area contributed by atoms with Crippen LogP contribution in [0.15, 0.2) is 18.2 Å². The number of carbonyl (C=O) groups excluding carboxylic acids is 1. The molecule has 0 aliphatic carbocycles. The van der Waals surface area contributed by atoms with Crippen molar-refractivity contribution in [3.05, 3.63) is 58.4 Å². The molecule has 0 fully saturated rings. The number of nitrogens with one attached hydrogen (secondary N) is 1. The first-order valence-corrected chi connectivity index (χ1v) is 6.57. The third kappa shape index (κ3) is 3.41. The minimum atomic E-state index is -5.72. The van der Waals surface area contributed by atoms with Gasteiger partial charge in [-0.05, 0) is 12.1 Å². The molecule has 2 aromatic rings. The fourth-order valence-corrected chi connectivity index (χ4v) is 1.98. The van der Waals surface area contributed by atoms with Crippen molar-refractivity contribution >= 4 is 11.6 Å². The highest BCUT2D eigenvalue weighted by molar-refractivity contribution is 6.04. The summed E-state index contributed by atoms with van der Waals surface area (Å²) < 4.78 is 110. The first-order chi connectivity index (χ1) is 12.0. The Kier molecular flexibility index (Phi) is 5.10. The summed E-state index contributed by atoms with van der Waals surface area (Å²) >= 11 is 0. The van der Waals surface area contributed by atoms with Gasteiger partial charge in [-0.15, -0.1) is 0 Å². The van der Waals surface area contributed by atoms with Crippen molar-refractivity contribution in [2.45, 2.75) is 6.18 Å². The lowest BCUT2D eigenvalue weighted by Crippen LogP contribution is -2.21. The molecule has 2 rings (SSSR count). The molecule has 0 spiro atoms. The van der Waals surface area contributed by atoms with Crippen LogP contribution in [0.25, 0.3) is 0 Å². The van der Waals surface area contributed by atoms with Gasteiger partial charge in [-0.1, -0.05) is 0 Å². The molecule has 0 saturated carbocycles. The monoisotopic (exact) mass is 385 g/mol. The Morgan fingerprint density at radius 2 is 1.50 bits per heavy atom. The minimum absolute atomic E-state index is 0.0111. The van der Waals surface area contributed by atoms with Gasteiger partial charge in [0, 0.05) is 6.07 Å². The first kappa shape index (κ1) is 19.5. The molecule has 0 radical (unpaired) electrons. The van der Waals surface area contributed by atoms with Gasteiger partial charge in [0.2, 0.25) is 0 Å². The second-order valence-corrected chi connectivity index (χ2v) is 4.80. The first-order valence-electron chi connectivity index (χ1n) is 6.57. The number of benzene rings is 2. The summed E-state index contributed by atoms with van der Waals surface area (Å²) in [5.41, 5.74) is -5.42. The lowest BCUT2D eigenvalue weighted by molar-refractivity contribution is -0.143. The molecule has 0 aromatic heterocycles. The van der Waals surface area contributed by atoms with Crippen LogP contribution >= 0.6 is 0 Å². The highest BCUT2D eigenvalue weighted by atomic mass is 19.4. The number of rotatable bonds is 3. The Balaban J connectivity index is 2.49. The molecule has 1 N–H and O–H groups in total. The molecule has 2 aromatic carbocycles. The van der Waals surface area contributed by atoms with Crippen LogP contribution in [0.2, 0.25) is 0 Å². The van der Waals surface area contributed by atoms with Gasteiger partial charge in [-0.3, -0.25) is 4.79 Å². The molecular formula is C15H7F8NO2. The van der Waals surface area contributed by atoms with E-state index in [0.717, 1.165) is 18.2 Å². The van der Waals surface area contributed by atoms with Crippen LogP contribution in [0, 0.1) is 29.1 Å². The number of hydrogen-bond donors (Lipinski definition) is 1. The van der Waals surface area contributed by atoms with E-state index in [0.29, 0.717) is 0 Å². The van der Waals surface area contributed by atoms with Crippen molar-refractivity contribution in [3.8, 4) is 5.75 Å². The average molecular weight is 385 g/mol. The lowest BCUT2D eigenvalue weighted by Gasteiger charge is -2.15. The number of alkyl halides is 3. The second kappa shape index (κ2) is 6.81. The molecule has 11 heteroatoms. The van der Waals surface area contributed by atoms with Gasteiger partial charge < -0.3 is 10.1 Å². The molecule has 0 aliphatic rings. The Morgan fingerprint density at radius 1 is 0.962 bits per heavy atom. The maximum Gasteiger partial charge on any atom is 0.422 e. The predicted molar refractivity (Wildman–Crippen MR) is 72.2 cm³/mol. The molecule has 140 valence electrons. The van der Waals surface area contributed by atoms with E-state index in [4.69, 9.17) is 0 Å². The molecule has 1 amide bonds. The normalized spacial score (nSPS) is 11.4.